The average Bonchev–Trinajstić information content (AvgIpc) is 2.40. The van der Waals surface area contributed by atoms with Gasteiger partial charge in [-0.2, -0.15) is 0 Å². The minimum absolute atomic E-state index is 0.138. The first-order valence-corrected chi connectivity index (χ1v) is 7.48. The van der Waals surface area contributed by atoms with Crippen LogP contribution in [0.3, 0.4) is 0 Å². The second-order valence-corrected chi connectivity index (χ2v) is 5.52. The summed E-state index contributed by atoms with van der Waals surface area (Å²) in [6, 6.07) is 1.71. The van der Waals surface area contributed by atoms with Crippen LogP contribution in [0.1, 0.15) is 60.6 Å². The Morgan fingerprint density at radius 2 is 2.05 bits per heavy atom. The number of carbonyl (C=O) groups is 1. The van der Waals surface area contributed by atoms with Gasteiger partial charge in [-0.1, -0.05) is 19.8 Å². The van der Waals surface area contributed by atoms with Crippen molar-refractivity contribution in [2.45, 2.75) is 58.4 Å². The molecule has 1 heterocycles. The fraction of sp³-hybridized carbons (Fsp3) is 0.600. The molecule has 0 spiro atoms. The van der Waals surface area contributed by atoms with E-state index in [1.54, 1.807) is 10.6 Å². The molecule has 0 bridgehead atoms. The fourth-order valence-electron chi connectivity index (χ4n) is 2.78. The van der Waals surface area contributed by atoms with Gasteiger partial charge in [-0.3, -0.25) is 9.59 Å². The lowest BCUT2D eigenvalue weighted by atomic mass is 9.94. The zero-order chi connectivity index (χ0) is 13.8. The maximum atomic E-state index is 12.3. The molecular weight excluding hydrogens is 262 g/mol. The van der Waals surface area contributed by atoms with Crippen LogP contribution in [0, 0.1) is 0 Å². The van der Waals surface area contributed by atoms with Gasteiger partial charge in [-0.15, -0.1) is 0 Å². The van der Waals surface area contributed by atoms with Crippen LogP contribution in [0.15, 0.2) is 10.9 Å². The van der Waals surface area contributed by atoms with Crippen molar-refractivity contribution in [1.82, 2.24) is 4.57 Å². The van der Waals surface area contributed by atoms with Crippen LogP contribution < -0.4 is 5.56 Å². The SMILES string of the molecule is CCCCCn1c2c(cc(C(=O)Cl)c1=O)CCCC2. The Morgan fingerprint density at radius 1 is 1.32 bits per heavy atom. The molecule has 2 rings (SSSR count). The number of hydrogen-bond donors (Lipinski definition) is 0. The molecule has 4 heteroatoms. The first kappa shape index (κ1) is 14.3. The predicted molar refractivity (Wildman–Crippen MR) is 77.1 cm³/mol. The lowest BCUT2D eigenvalue weighted by Crippen LogP contribution is -2.30. The van der Waals surface area contributed by atoms with Crippen LogP contribution in [-0.4, -0.2) is 9.81 Å². The molecule has 1 aromatic rings. The second-order valence-electron chi connectivity index (χ2n) is 5.17. The molecule has 0 aliphatic heterocycles. The van der Waals surface area contributed by atoms with Gasteiger partial charge in [0, 0.05) is 12.2 Å². The number of aromatic nitrogens is 1. The number of nitrogens with zero attached hydrogens (tertiary/aromatic N) is 1. The molecule has 0 atom stereocenters. The summed E-state index contributed by atoms with van der Waals surface area (Å²) in [5.74, 6) is 0. The van der Waals surface area contributed by atoms with E-state index >= 15 is 0 Å². The highest BCUT2D eigenvalue weighted by atomic mass is 35.5. The highest BCUT2D eigenvalue weighted by Gasteiger charge is 2.19. The van der Waals surface area contributed by atoms with Crippen molar-refractivity contribution in [2.75, 3.05) is 0 Å². The second kappa shape index (κ2) is 6.38. The van der Waals surface area contributed by atoms with E-state index in [4.69, 9.17) is 11.6 Å². The molecule has 0 amide bonds. The van der Waals surface area contributed by atoms with Gasteiger partial charge in [0.2, 0.25) is 0 Å². The van der Waals surface area contributed by atoms with E-state index in [-0.39, 0.29) is 11.1 Å². The van der Waals surface area contributed by atoms with Crippen molar-refractivity contribution in [3.8, 4) is 0 Å². The monoisotopic (exact) mass is 281 g/mol. The van der Waals surface area contributed by atoms with Gasteiger partial charge in [0.25, 0.3) is 10.8 Å². The molecule has 0 radical (unpaired) electrons. The number of hydrogen-bond acceptors (Lipinski definition) is 2. The summed E-state index contributed by atoms with van der Waals surface area (Å²) in [6.07, 6.45) is 7.31. The Kier molecular flexibility index (Phi) is 4.81. The normalized spacial score (nSPS) is 14.2. The van der Waals surface area contributed by atoms with Crippen molar-refractivity contribution in [2.24, 2.45) is 0 Å². The average molecular weight is 282 g/mol. The van der Waals surface area contributed by atoms with E-state index in [0.717, 1.165) is 56.2 Å². The summed E-state index contributed by atoms with van der Waals surface area (Å²) in [5.41, 5.74) is 2.18. The van der Waals surface area contributed by atoms with Gasteiger partial charge in [0.15, 0.2) is 0 Å². The fourth-order valence-corrected chi connectivity index (χ4v) is 2.91. The van der Waals surface area contributed by atoms with Gasteiger partial charge in [-0.05, 0) is 55.3 Å². The Morgan fingerprint density at radius 3 is 2.74 bits per heavy atom. The number of unbranched alkanes of at least 4 members (excludes halogenated alkanes) is 2. The first-order valence-electron chi connectivity index (χ1n) is 7.10. The molecule has 3 nitrogen and oxygen atoms in total. The zero-order valence-corrected chi connectivity index (χ0v) is 12.1. The van der Waals surface area contributed by atoms with E-state index in [2.05, 4.69) is 6.92 Å². The van der Waals surface area contributed by atoms with Crippen LogP contribution in [0.25, 0.3) is 0 Å². The largest absolute Gasteiger partial charge is 0.312 e. The lowest BCUT2D eigenvalue weighted by molar-refractivity contribution is 0.107. The van der Waals surface area contributed by atoms with Crippen molar-refractivity contribution in [1.29, 1.82) is 0 Å². The van der Waals surface area contributed by atoms with Crippen LogP contribution in [-0.2, 0) is 19.4 Å². The van der Waals surface area contributed by atoms with E-state index < -0.39 is 5.24 Å². The van der Waals surface area contributed by atoms with Crippen molar-refractivity contribution >= 4 is 16.8 Å². The molecule has 1 aromatic heterocycles. The predicted octanol–water partition coefficient (Wildman–Crippen LogP) is 3.30. The number of fused-ring (bicyclic) bond motifs is 1. The third-order valence-electron chi connectivity index (χ3n) is 3.80. The highest BCUT2D eigenvalue weighted by Crippen LogP contribution is 2.21. The van der Waals surface area contributed by atoms with Crippen molar-refractivity contribution in [3.05, 3.63) is 33.2 Å². The first-order chi connectivity index (χ1) is 9.15. The smallest absolute Gasteiger partial charge is 0.262 e. The molecule has 104 valence electrons. The number of rotatable bonds is 5. The van der Waals surface area contributed by atoms with Gasteiger partial charge in [-0.25, -0.2) is 0 Å². The Hall–Kier alpha value is -1.09. The van der Waals surface area contributed by atoms with Crippen molar-refractivity contribution < 1.29 is 4.79 Å². The number of carbonyl (C=O) groups excluding carboxylic acids is 1. The van der Waals surface area contributed by atoms with E-state index in [0.29, 0.717) is 6.54 Å². The van der Waals surface area contributed by atoms with Crippen LogP contribution in [0.4, 0.5) is 0 Å². The zero-order valence-electron chi connectivity index (χ0n) is 11.4. The minimum Gasteiger partial charge on any atom is -0.312 e. The third kappa shape index (κ3) is 3.08. The molecule has 0 aromatic carbocycles. The third-order valence-corrected chi connectivity index (χ3v) is 4.00. The number of pyridine rings is 1. The van der Waals surface area contributed by atoms with Crippen LogP contribution in [0.2, 0.25) is 0 Å². The van der Waals surface area contributed by atoms with Crippen LogP contribution in [0.5, 0.6) is 0 Å². The molecule has 1 aliphatic rings. The van der Waals surface area contributed by atoms with Gasteiger partial charge in [0.05, 0.1) is 5.56 Å². The lowest BCUT2D eigenvalue weighted by Gasteiger charge is -2.21. The molecule has 19 heavy (non-hydrogen) atoms. The van der Waals surface area contributed by atoms with E-state index in [9.17, 15) is 9.59 Å². The Bertz CT molecular complexity index is 534. The number of halogens is 1. The van der Waals surface area contributed by atoms with Gasteiger partial charge >= 0.3 is 0 Å². The summed E-state index contributed by atoms with van der Waals surface area (Å²) >= 11 is 5.53. The maximum absolute atomic E-state index is 12.3. The molecule has 0 unspecified atom stereocenters. The highest BCUT2D eigenvalue weighted by molar-refractivity contribution is 6.67. The maximum Gasteiger partial charge on any atom is 0.262 e. The minimum atomic E-state index is -0.636. The summed E-state index contributed by atoms with van der Waals surface area (Å²) in [5, 5.41) is -0.636. The molecule has 0 saturated carbocycles. The topological polar surface area (TPSA) is 39.1 Å². The summed E-state index contributed by atoms with van der Waals surface area (Å²) in [6.45, 7) is 2.84. The molecule has 1 aliphatic carbocycles. The van der Waals surface area contributed by atoms with Crippen LogP contribution >= 0.6 is 11.6 Å². The summed E-state index contributed by atoms with van der Waals surface area (Å²) < 4.78 is 1.79. The molecule has 0 fully saturated rings. The Balaban J connectivity index is 2.44. The van der Waals surface area contributed by atoms with Gasteiger partial charge in [0.1, 0.15) is 0 Å². The number of aryl methyl sites for hydroxylation is 1. The summed E-state index contributed by atoms with van der Waals surface area (Å²) in [4.78, 5) is 23.7. The van der Waals surface area contributed by atoms with E-state index in [1.165, 1.54) is 0 Å². The Labute approximate surface area is 118 Å². The molecular formula is C15H20ClNO2. The standard InChI is InChI=1S/C15H20ClNO2/c1-2-3-6-9-17-13-8-5-4-7-11(13)10-12(14(16)18)15(17)19/h10H,2-9H2,1H3. The summed E-state index contributed by atoms with van der Waals surface area (Å²) in [7, 11) is 0. The molecule has 0 saturated heterocycles. The molecule has 0 N–H and O–H groups in total. The van der Waals surface area contributed by atoms with Crippen molar-refractivity contribution in [3.63, 3.8) is 0 Å². The quantitative estimate of drug-likeness (QED) is 0.614. The van der Waals surface area contributed by atoms with Gasteiger partial charge < -0.3 is 4.57 Å². The van der Waals surface area contributed by atoms with E-state index in [1.807, 2.05) is 0 Å².